The smallest absolute Gasteiger partial charge is 0.222 e. The van der Waals surface area contributed by atoms with Crippen LogP contribution in [0.1, 0.15) is 24.0 Å². The van der Waals surface area contributed by atoms with E-state index in [9.17, 15) is 4.79 Å². The fourth-order valence-electron chi connectivity index (χ4n) is 3.46. The van der Waals surface area contributed by atoms with E-state index in [0.29, 0.717) is 6.42 Å². The summed E-state index contributed by atoms with van der Waals surface area (Å²) in [6, 6.07) is 10.5. The summed E-state index contributed by atoms with van der Waals surface area (Å²) in [4.78, 5) is 24.8. The highest BCUT2D eigenvalue weighted by atomic mass is 32.2. The number of carbonyl (C=O) groups is 1. The molecule has 0 atom stereocenters. The number of benzene rings is 1. The van der Waals surface area contributed by atoms with Gasteiger partial charge in [0.1, 0.15) is 18.0 Å². The highest BCUT2D eigenvalue weighted by Gasteiger charge is 2.19. The summed E-state index contributed by atoms with van der Waals surface area (Å²) in [5, 5.41) is 3.39. The van der Waals surface area contributed by atoms with Crippen LogP contribution in [0.2, 0.25) is 0 Å². The maximum absolute atomic E-state index is 11.7. The van der Waals surface area contributed by atoms with Crippen molar-refractivity contribution in [3.63, 3.8) is 0 Å². The van der Waals surface area contributed by atoms with E-state index in [0.717, 1.165) is 62.3 Å². The van der Waals surface area contributed by atoms with Gasteiger partial charge >= 0.3 is 0 Å². The minimum atomic E-state index is 0.271. The van der Waals surface area contributed by atoms with E-state index in [2.05, 4.69) is 44.5 Å². The fraction of sp³-hybridized carbons (Fsp3) is 0.450. The lowest BCUT2D eigenvalue weighted by Gasteiger charge is -2.27. The molecule has 2 aliphatic heterocycles. The zero-order valence-electron chi connectivity index (χ0n) is 15.4. The van der Waals surface area contributed by atoms with Gasteiger partial charge in [0.05, 0.1) is 0 Å². The molecule has 1 aromatic carbocycles. The van der Waals surface area contributed by atoms with Gasteiger partial charge in [0.25, 0.3) is 0 Å². The van der Waals surface area contributed by atoms with E-state index >= 15 is 0 Å². The van der Waals surface area contributed by atoms with Crippen molar-refractivity contribution >= 4 is 29.3 Å². The molecule has 1 N–H and O–H groups in total. The Bertz CT molecular complexity index is 776. The number of aromatic nitrogens is 2. The molecule has 1 amide bonds. The molecule has 6 nitrogen and oxygen atoms in total. The molecular weight excluding hydrogens is 358 g/mol. The topological polar surface area (TPSA) is 61.4 Å². The first-order valence-electron chi connectivity index (χ1n) is 9.52. The van der Waals surface area contributed by atoms with Crippen LogP contribution < -0.4 is 10.2 Å². The van der Waals surface area contributed by atoms with E-state index < -0.39 is 0 Å². The van der Waals surface area contributed by atoms with Gasteiger partial charge in [-0.3, -0.25) is 4.79 Å². The van der Waals surface area contributed by atoms with Gasteiger partial charge in [0, 0.05) is 56.7 Å². The quantitative estimate of drug-likeness (QED) is 0.828. The molecule has 27 heavy (non-hydrogen) atoms. The molecular formula is C20H25N5OS. The predicted molar refractivity (Wildman–Crippen MR) is 110 cm³/mol. The minimum Gasteiger partial charge on any atom is -0.366 e. The highest BCUT2D eigenvalue weighted by Crippen LogP contribution is 2.19. The number of amides is 1. The number of thioether (sulfide) groups is 1. The highest BCUT2D eigenvalue weighted by molar-refractivity contribution is 7.99. The van der Waals surface area contributed by atoms with Gasteiger partial charge in [-0.05, 0) is 17.5 Å². The largest absolute Gasteiger partial charge is 0.366 e. The molecule has 7 heteroatoms. The second-order valence-corrected chi connectivity index (χ2v) is 8.17. The molecule has 0 unspecified atom stereocenters. The van der Waals surface area contributed by atoms with Gasteiger partial charge in [0.15, 0.2) is 0 Å². The Balaban J connectivity index is 1.32. The van der Waals surface area contributed by atoms with E-state index in [4.69, 9.17) is 0 Å². The monoisotopic (exact) mass is 383 g/mol. The van der Waals surface area contributed by atoms with Crippen molar-refractivity contribution in [2.75, 3.05) is 41.4 Å². The van der Waals surface area contributed by atoms with Crippen LogP contribution in [-0.2, 0) is 17.9 Å². The molecule has 142 valence electrons. The average molecular weight is 384 g/mol. The Labute approximate surface area is 164 Å². The van der Waals surface area contributed by atoms with E-state index in [1.165, 1.54) is 11.1 Å². The fourth-order valence-corrected chi connectivity index (χ4v) is 4.36. The van der Waals surface area contributed by atoms with Gasteiger partial charge in [0.2, 0.25) is 5.91 Å². The Kier molecular flexibility index (Phi) is 5.77. The van der Waals surface area contributed by atoms with Crippen LogP contribution in [0.3, 0.4) is 0 Å². The molecule has 1 aromatic heterocycles. The summed E-state index contributed by atoms with van der Waals surface area (Å²) >= 11 is 1.99. The summed E-state index contributed by atoms with van der Waals surface area (Å²) < 4.78 is 0. The van der Waals surface area contributed by atoms with Gasteiger partial charge < -0.3 is 15.1 Å². The lowest BCUT2D eigenvalue weighted by Crippen LogP contribution is -2.33. The van der Waals surface area contributed by atoms with Crippen molar-refractivity contribution in [3.8, 4) is 0 Å². The molecule has 3 heterocycles. The Morgan fingerprint density at radius 2 is 1.81 bits per heavy atom. The molecule has 0 aliphatic carbocycles. The number of carbonyl (C=O) groups excluding carboxylic acids is 1. The third-order valence-electron chi connectivity index (χ3n) is 5.03. The first-order valence-corrected chi connectivity index (χ1v) is 10.7. The van der Waals surface area contributed by atoms with Crippen molar-refractivity contribution in [2.24, 2.45) is 0 Å². The van der Waals surface area contributed by atoms with E-state index in [1.54, 1.807) is 6.33 Å². The summed E-state index contributed by atoms with van der Waals surface area (Å²) in [6.07, 6.45) is 3.31. The number of nitrogens with one attached hydrogen (secondary N) is 1. The molecule has 2 fully saturated rings. The van der Waals surface area contributed by atoms with Crippen LogP contribution in [0.4, 0.5) is 11.6 Å². The normalized spacial score (nSPS) is 17.4. The zero-order chi connectivity index (χ0) is 18.5. The van der Waals surface area contributed by atoms with Crippen LogP contribution in [0.5, 0.6) is 0 Å². The van der Waals surface area contributed by atoms with Gasteiger partial charge in [-0.2, -0.15) is 11.8 Å². The van der Waals surface area contributed by atoms with Crippen LogP contribution in [-0.4, -0.2) is 51.9 Å². The summed E-state index contributed by atoms with van der Waals surface area (Å²) in [5.41, 5.74) is 2.38. The Hall–Kier alpha value is -2.28. The molecule has 0 radical (unpaired) electrons. The second-order valence-electron chi connectivity index (χ2n) is 6.95. The summed E-state index contributed by atoms with van der Waals surface area (Å²) in [5.74, 6) is 4.43. The lowest BCUT2D eigenvalue weighted by atomic mass is 10.1. The maximum atomic E-state index is 11.7. The van der Waals surface area contributed by atoms with E-state index in [1.807, 2.05) is 22.7 Å². The first-order chi connectivity index (χ1) is 13.3. The van der Waals surface area contributed by atoms with Gasteiger partial charge in [-0.1, -0.05) is 24.3 Å². The lowest BCUT2D eigenvalue weighted by molar-refractivity contribution is -0.128. The van der Waals surface area contributed by atoms with Crippen molar-refractivity contribution in [2.45, 2.75) is 25.9 Å². The van der Waals surface area contributed by atoms with Crippen LogP contribution >= 0.6 is 11.8 Å². The number of likely N-dealkylation sites (tertiary alicyclic amines) is 1. The molecule has 0 bridgehead atoms. The summed E-state index contributed by atoms with van der Waals surface area (Å²) in [6.45, 7) is 4.41. The zero-order valence-corrected chi connectivity index (χ0v) is 16.2. The molecule has 0 spiro atoms. The van der Waals surface area contributed by atoms with Gasteiger partial charge in [-0.25, -0.2) is 9.97 Å². The Morgan fingerprint density at radius 1 is 1.04 bits per heavy atom. The molecule has 0 saturated carbocycles. The third kappa shape index (κ3) is 4.71. The van der Waals surface area contributed by atoms with Crippen molar-refractivity contribution in [1.82, 2.24) is 14.9 Å². The molecule has 2 saturated heterocycles. The number of hydrogen-bond acceptors (Lipinski definition) is 6. The van der Waals surface area contributed by atoms with Gasteiger partial charge in [-0.15, -0.1) is 0 Å². The minimum absolute atomic E-state index is 0.271. The SMILES string of the molecule is O=C1CCCN1Cc1ccc(CNc2cc(N3CCSCC3)ncn2)cc1. The van der Waals surface area contributed by atoms with Crippen molar-refractivity contribution in [1.29, 1.82) is 0 Å². The Morgan fingerprint density at radius 3 is 2.56 bits per heavy atom. The maximum Gasteiger partial charge on any atom is 0.222 e. The van der Waals surface area contributed by atoms with Crippen molar-refractivity contribution < 1.29 is 4.79 Å². The predicted octanol–water partition coefficient (Wildman–Crippen LogP) is 2.76. The van der Waals surface area contributed by atoms with E-state index in [-0.39, 0.29) is 5.91 Å². The van der Waals surface area contributed by atoms with Crippen molar-refractivity contribution in [3.05, 3.63) is 47.8 Å². The number of hydrogen-bond donors (Lipinski definition) is 1. The average Bonchev–Trinajstić information content (AvgIpc) is 3.13. The van der Waals surface area contributed by atoms with Crippen LogP contribution in [0, 0.1) is 0 Å². The second kappa shape index (κ2) is 8.61. The molecule has 2 aromatic rings. The third-order valence-corrected chi connectivity index (χ3v) is 5.97. The number of nitrogens with zero attached hydrogens (tertiary/aromatic N) is 4. The first kappa shape index (κ1) is 18.1. The standard InChI is InChI=1S/C20H25N5OS/c26-20-2-1-7-25(20)14-17-5-3-16(4-6-17)13-21-18-12-19(23-15-22-18)24-8-10-27-11-9-24/h3-6,12,15H,1-2,7-11,13-14H2,(H,21,22,23). The molecule has 2 aliphatic rings. The summed E-state index contributed by atoms with van der Waals surface area (Å²) in [7, 11) is 0. The number of anilines is 2. The van der Waals surface area contributed by atoms with Crippen LogP contribution in [0.15, 0.2) is 36.7 Å². The number of rotatable bonds is 6. The molecule has 4 rings (SSSR count). The van der Waals surface area contributed by atoms with Crippen LogP contribution in [0.25, 0.3) is 0 Å².